The molecule has 0 saturated carbocycles. The summed E-state index contributed by atoms with van der Waals surface area (Å²) in [6, 6.07) is 5.01. The molecule has 2 atom stereocenters. The van der Waals surface area contributed by atoms with Crippen molar-refractivity contribution < 1.29 is 24.5 Å². The summed E-state index contributed by atoms with van der Waals surface area (Å²) in [5.41, 5.74) is 2.14. The third-order valence-electron chi connectivity index (χ3n) is 3.46. The van der Waals surface area contributed by atoms with E-state index in [4.69, 9.17) is 0 Å². The summed E-state index contributed by atoms with van der Waals surface area (Å²) in [5.74, 6) is -0.921. The minimum absolute atomic E-state index is 0.0355. The van der Waals surface area contributed by atoms with Crippen LogP contribution in [0.15, 0.2) is 18.2 Å². The predicted molar refractivity (Wildman–Crippen MR) is 71.2 cm³/mol. The lowest BCUT2D eigenvalue weighted by atomic mass is 10.0. The molecule has 2 unspecified atom stereocenters. The Morgan fingerprint density at radius 2 is 2.05 bits per heavy atom. The fourth-order valence-electron chi connectivity index (χ4n) is 2.36. The lowest BCUT2D eigenvalue weighted by Gasteiger charge is -2.18. The molecule has 1 aliphatic heterocycles. The van der Waals surface area contributed by atoms with E-state index >= 15 is 0 Å². The average molecular weight is 279 g/mol. The number of carbonyl (C=O) groups is 2. The second-order valence-electron chi connectivity index (χ2n) is 4.72. The van der Waals surface area contributed by atoms with Crippen LogP contribution in [0.2, 0.25) is 0 Å². The van der Waals surface area contributed by atoms with Gasteiger partial charge in [0.2, 0.25) is 5.91 Å². The van der Waals surface area contributed by atoms with Crippen molar-refractivity contribution in [3.8, 4) is 0 Å². The molecule has 0 aromatic heterocycles. The van der Waals surface area contributed by atoms with Crippen LogP contribution in [0.1, 0.15) is 24.2 Å². The molecule has 6 heteroatoms. The Bertz CT molecular complexity index is 542. The molecule has 0 fully saturated rings. The van der Waals surface area contributed by atoms with Gasteiger partial charge in [-0.15, -0.1) is 0 Å². The molecule has 2 N–H and O–H groups in total. The van der Waals surface area contributed by atoms with Crippen LogP contribution >= 0.6 is 0 Å². The van der Waals surface area contributed by atoms with Gasteiger partial charge in [-0.3, -0.25) is 4.79 Å². The molecule has 0 saturated heterocycles. The van der Waals surface area contributed by atoms with Crippen LogP contribution in [-0.2, 0) is 20.7 Å². The van der Waals surface area contributed by atoms with E-state index in [0.29, 0.717) is 18.5 Å². The highest BCUT2D eigenvalue weighted by molar-refractivity contribution is 5.93. The third-order valence-corrected chi connectivity index (χ3v) is 3.46. The second-order valence-corrected chi connectivity index (χ2v) is 4.72. The largest absolute Gasteiger partial charge is 0.467 e. The van der Waals surface area contributed by atoms with E-state index in [1.54, 1.807) is 23.1 Å². The number of rotatable bonds is 3. The van der Waals surface area contributed by atoms with Gasteiger partial charge in [0, 0.05) is 19.2 Å². The maximum atomic E-state index is 11.4. The van der Waals surface area contributed by atoms with Crippen LogP contribution in [0.4, 0.5) is 5.69 Å². The minimum atomic E-state index is -1.62. The van der Waals surface area contributed by atoms with Gasteiger partial charge in [0.25, 0.3) is 0 Å². The van der Waals surface area contributed by atoms with Crippen molar-refractivity contribution in [2.24, 2.45) is 0 Å². The average Bonchev–Trinajstić information content (AvgIpc) is 2.87. The summed E-state index contributed by atoms with van der Waals surface area (Å²) in [6.45, 7) is 2.10. The third kappa shape index (κ3) is 2.52. The van der Waals surface area contributed by atoms with E-state index in [-0.39, 0.29) is 5.91 Å². The SMILES string of the molecule is COC(=O)C(O)C(O)c1ccc2c(c1)CCN2C(C)=O. The normalized spacial score (nSPS) is 16.5. The highest BCUT2D eigenvalue weighted by atomic mass is 16.5. The van der Waals surface area contributed by atoms with Crippen molar-refractivity contribution >= 4 is 17.6 Å². The Labute approximate surface area is 116 Å². The Morgan fingerprint density at radius 1 is 1.35 bits per heavy atom. The van der Waals surface area contributed by atoms with E-state index in [1.807, 2.05) is 0 Å². The predicted octanol–water partition coefficient (Wildman–Crippen LogP) is 0.163. The molecular formula is C14H17NO5. The van der Waals surface area contributed by atoms with Gasteiger partial charge in [-0.2, -0.15) is 0 Å². The Balaban J connectivity index is 2.25. The number of anilines is 1. The van der Waals surface area contributed by atoms with Crippen LogP contribution in [0.5, 0.6) is 0 Å². The minimum Gasteiger partial charge on any atom is -0.467 e. The number of hydrogen-bond donors (Lipinski definition) is 2. The smallest absolute Gasteiger partial charge is 0.337 e. The van der Waals surface area contributed by atoms with Crippen LogP contribution in [0.3, 0.4) is 0 Å². The molecular weight excluding hydrogens is 262 g/mol. The molecule has 20 heavy (non-hydrogen) atoms. The molecule has 0 spiro atoms. The molecule has 108 valence electrons. The number of hydrogen-bond acceptors (Lipinski definition) is 5. The van der Waals surface area contributed by atoms with E-state index in [0.717, 1.165) is 18.4 Å². The highest BCUT2D eigenvalue weighted by Gasteiger charge is 2.29. The monoisotopic (exact) mass is 279 g/mol. The molecule has 1 heterocycles. The van der Waals surface area contributed by atoms with Crippen LogP contribution < -0.4 is 4.90 Å². The van der Waals surface area contributed by atoms with Crippen LogP contribution in [0.25, 0.3) is 0 Å². The molecule has 1 aromatic carbocycles. The van der Waals surface area contributed by atoms with Crippen molar-refractivity contribution in [2.75, 3.05) is 18.6 Å². The number of ether oxygens (including phenoxy) is 1. The van der Waals surface area contributed by atoms with E-state index in [1.165, 1.54) is 6.92 Å². The molecule has 2 rings (SSSR count). The number of esters is 1. The number of nitrogens with zero attached hydrogens (tertiary/aromatic N) is 1. The number of amides is 1. The number of aliphatic hydroxyl groups is 2. The Morgan fingerprint density at radius 3 is 2.65 bits per heavy atom. The summed E-state index contributed by atoms with van der Waals surface area (Å²) in [4.78, 5) is 24.3. The Hall–Kier alpha value is -1.92. The number of benzene rings is 1. The molecule has 0 bridgehead atoms. The standard InChI is InChI=1S/C14H17NO5/c1-8(16)15-6-5-9-7-10(3-4-11(9)15)12(17)13(18)14(19)20-2/h3-4,7,12-13,17-18H,5-6H2,1-2H3. The molecule has 0 radical (unpaired) electrons. The summed E-state index contributed by atoms with van der Waals surface area (Å²) in [5, 5.41) is 19.6. The zero-order valence-electron chi connectivity index (χ0n) is 11.4. The van der Waals surface area contributed by atoms with Crippen LogP contribution in [-0.4, -0.2) is 41.8 Å². The van der Waals surface area contributed by atoms with Gasteiger partial charge in [-0.25, -0.2) is 4.79 Å². The summed E-state index contributed by atoms with van der Waals surface area (Å²) in [7, 11) is 1.14. The molecule has 1 aromatic rings. The zero-order valence-corrected chi connectivity index (χ0v) is 11.4. The van der Waals surface area contributed by atoms with Gasteiger partial charge in [-0.05, 0) is 23.6 Å². The van der Waals surface area contributed by atoms with Gasteiger partial charge in [0.15, 0.2) is 6.10 Å². The van der Waals surface area contributed by atoms with E-state index in [9.17, 15) is 19.8 Å². The van der Waals surface area contributed by atoms with Crippen molar-refractivity contribution in [2.45, 2.75) is 25.6 Å². The maximum absolute atomic E-state index is 11.4. The first-order valence-electron chi connectivity index (χ1n) is 6.30. The van der Waals surface area contributed by atoms with Gasteiger partial charge in [-0.1, -0.05) is 12.1 Å². The number of carbonyl (C=O) groups excluding carboxylic acids is 2. The fourth-order valence-corrected chi connectivity index (χ4v) is 2.36. The zero-order chi connectivity index (χ0) is 14.9. The number of aliphatic hydroxyl groups excluding tert-OH is 2. The van der Waals surface area contributed by atoms with Crippen molar-refractivity contribution in [3.63, 3.8) is 0 Å². The molecule has 1 aliphatic rings. The van der Waals surface area contributed by atoms with Crippen molar-refractivity contribution in [1.82, 2.24) is 0 Å². The summed E-state index contributed by atoms with van der Waals surface area (Å²) >= 11 is 0. The van der Waals surface area contributed by atoms with E-state index < -0.39 is 18.2 Å². The lowest BCUT2D eigenvalue weighted by Crippen LogP contribution is -2.29. The molecule has 1 amide bonds. The summed E-state index contributed by atoms with van der Waals surface area (Å²) in [6.07, 6.45) is -2.29. The van der Waals surface area contributed by atoms with Crippen molar-refractivity contribution in [1.29, 1.82) is 0 Å². The summed E-state index contributed by atoms with van der Waals surface area (Å²) < 4.78 is 4.39. The Kier molecular flexibility index (Phi) is 4.06. The molecule has 0 aliphatic carbocycles. The topological polar surface area (TPSA) is 87.1 Å². The second kappa shape index (κ2) is 5.60. The molecule has 6 nitrogen and oxygen atoms in total. The first-order valence-corrected chi connectivity index (χ1v) is 6.30. The fraction of sp³-hybridized carbons (Fsp3) is 0.429. The van der Waals surface area contributed by atoms with Gasteiger partial charge >= 0.3 is 5.97 Å². The first kappa shape index (κ1) is 14.5. The number of methoxy groups -OCH3 is 1. The lowest BCUT2D eigenvalue weighted by molar-refractivity contribution is -0.156. The van der Waals surface area contributed by atoms with Gasteiger partial charge in [0.05, 0.1) is 7.11 Å². The van der Waals surface area contributed by atoms with E-state index in [2.05, 4.69) is 4.74 Å². The van der Waals surface area contributed by atoms with Gasteiger partial charge in [0.1, 0.15) is 6.10 Å². The number of fused-ring (bicyclic) bond motifs is 1. The first-order chi connectivity index (χ1) is 9.45. The highest BCUT2D eigenvalue weighted by Crippen LogP contribution is 2.31. The van der Waals surface area contributed by atoms with Gasteiger partial charge < -0.3 is 19.8 Å². The maximum Gasteiger partial charge on any atom is 0.337 e. The van der Waals surface area contributed by atoms with Crippen LogP contribution in [0, 0.1) is 0 Å². The quantitative estimate of drug-likeness (QED) is 0.770. The van der Waals surface area contributed by atoms with Crippen molar-refractivity contribution in [3.05, 3.63) is 29.3 Å².